The molecule has 2 nitrogen and oxygen atoms in total. The number of hydrogen-bond donors (Lipinski definition) is 2. The minimum atomic E-state index is -0.296. The van der Waals surface area contributed by atoms with E-state index in [2.05, 4.69) is 13.8 Å². The maximum Gasteiger partial charge on any atom is 0.0621 e. The minimum Gasteiger partial charge on any atom is -0.392 e. The molecule has 82 valence electrons. The summed E-state index contributed by atoms with van der Waals surface area (Å²) in [6, 6.07) is 0. The maximum atomic E-state index is 10.1. The fourth-order valence-corrected chi connectivity index (χ4v) is 3.72. The number of fused-ring (bicyclic) bond motifs is 1. The summed E-state index contributed by atoms with van der Waals surface area (Å²) in [5, 5.41) is 20.2. The summed E-state index contributed by atoms with van der Waals surface area (Å²) in [6.45, 7) is 4.36. The molecular weight excluding hydrogens is 176 g/mol. The Bertz CT molecular complexity index is 216. The summed E-state index contributed by atoms with van der Waals surface area (Å²) in [7, 11) is 0. The van der Waals surface area contributed by atoms with Crippen molar-refractivity contribution >= 4 is 0 Å². The van der Waals surface area contributed by atoms with Gasteiger partial charge < -0.3 is 10.2 Å². The summed E-state index contributed by atoms with van der Waals surface area (Å²) in [4.78, 5) is 0. The first-order chi connectivity index (χ1) is 6.56. The van der Waals surface area contributed by atoms with Crippen molar-refractivity contribution in [3.05, 3.63) is 0 Å². The smallest absolute Gasteiger partial charge is 0.0621 e. The molecule has 1 unspecified atom stereocenters. The Kier molecular flexibility index (Phi) is 2.61. The lowest BCUT2D eigenvalue weighted by atomic mass is 9.70. The third-order valence-electron chi connectivity index (χ3n) is 4.81. The molecule has 5 atom stereocenters. The molecule has 2 aliphatic rings. The van der Waals surface area contributed by atoms with Crippen molar-refractivity contribution < 1.29 is 10.2 Å². The van der Waals surface area contributed by atoms with Gasteiger partial charge in [-0.2, -0.15) is 0 Å². The second-order valence-electron chi connectivity index (χ2n) is 5.49. The molecule has 0 aromatic rings. The van der Waals surface area contributed by atoms with Gasteiger partial charge in [-0.3, -0.25) is 0 Å². The average molecular weight is 198 g/mol. The van der Waals surface area contributed by atoms with Gasteiger partial charge >= 0.3 is 0 Å². The van der Waals surface area contributed by atoms with Crippen molar-refractivity contribution in [1.29, 1.82) is 0 Å². The van der Waals surface area contributed by atoms with Gasteiger partial charge in [0.15, 0.2) is 0 Å². The third-order valence-corrected chi connectivity index (χ3v) is 4.81. The molecule has 0 amide bonds. The molecule has 0 bridgehead atoms. The molecule has 0 aromatic carbocycles. The Morgan fingerprint density at radius 2 is 1.64 bits per heavy atom. The monoisotopic (exact) mass is 198 g/mol. The SMILES string of the molecule is C[C@H]1CCCC(O)[C@@]2(C)[C@@H]1CC[C@@H]2O. The fourth-order valence-electron chi connectivity index (χ4n) is 3.72. The largest absolute Gasteiger partial charge is 0.392 e. The average Bonchev–Trinajstić information content (AvgIpc) is 2.39. The highest BCUT2D eigenvalue weighted by Gasteiger charge is 2.52. The van der Waals surface area contributed by atoms with Gasteiger partial charge in [0.25, 0.3) is 0 Å². The highest BCUT2D eigenvalue weighted by atomic mass is 16.3. The third kappa shape index (κ3) is 1.31. The fraction of sp³-hybridized carbons (Fsp3) is 1.00. The van der Waals surface area contributed by atoms with Gasteiger partial charge in [0, 0.05) is 5.41 Å². The van der Waals surface area contributed by atoms with Crippen LogP contribution in [0.2, 0.25) is 0 Å². The van der Waals surface area contributed by atoms with E-state index in [9.17, 15) is 10.2 Å². The minimum absolute atomic E-state index is 0.226. The van der Waals surface area contributed by atoms with Gasteiger partial charge in [-0.1, -0.05) is 26.7 Å². The standard InChI is InChI=1S/C12H22O2/c1-8-4-3-5-10(13)12(2)9(8)6-7-11(12)14/h8-11,13-14H,3-7H2,1-2H3/t8-,9+,10?,11-,12+/m0/s1. The Morgan fingerprint density at radius 1 is 1.00 bits per heavy atom. The zero-order valence-corrected chi connectivity index (χ0v) is 9.24. The van der Waals surface area contributed by atoms with Crippen molar-refractivity contribution in [2.75, 3.05) is 0 Å². The Hall–Kier alpha value is -0.0800. The summed E-state index contributed by atoms with van der Waals surface area (Å²) < 4.78 is 0. The Labute approximate surface area is 86.3 Å². The van der Waals surface area contributed by atoms with Crippen LogP contribution in [0.25, 0.3) is 0 Å². The summed E-state index contributed by atoms with van der Waals surface area (Å²) >= 11 is 0. The lowest BCUT2D eigenvalue weighted by molar-refractivity contribution is -0.0689. The molecule has 2 heteroatoms. The molecule has 14 heavy (non-hydrogen) atoms. The van der Waals surface area contributed by atoms with Gasteiger partial charge in [-0.25, -0.2) is 0 Å². The van der Waals surface area contributed by atoms with Gasteiger partial charge in [0.1, 0.15) is 0 Å². The van der Waals surface area contributed by atoms with E-state index in [1.54, 1.807) is 0 Å². The van der Waals surface area contributed by atoms with Crippen LogP contribution in [-0.2, 0) is 0 Å². The topological polar surface area (TPSA) is 40.5 Å². The van der Waals surface area contributed by atoms with Crippen LogP contribution >= 0.6 is 0 Å². The van der Waals surface area contributed by atoms with Crippen LogP contribution in [0.5, 0.6) is 0 Å². The molecule has 0 aromatic heterocycles. The van der Waals surface area contributed by atoms with E-state index in [-0.39, 0.29) is 17.6 Å². The molecule has 0 spiro atoms. The lowest BCUT2D eigenvalue weighted by Crippen LogP contribution is -2.44. The predicted octanol–water partition coefficient (Wildman–Crippen LogP) is 1.94. The molecule has 2 fully saturated rings. The normalized spacial score (nSPS) is 54.0. The van der Waals surface area contributed by atoms with Crippen molar-refractivity contribution in [3.63, 3.8) is 0 Å². The van der Waals surface area contributed by atoms with Crippen LogP contribution in [0, 0.1) is 17.3 Å². The number of aliphatic hydroxyl groups is 2. The molecule has 0 saturated heterocycles. The predicted molar refractivity (Wildman–Crippen MR) is 55.9 cm³/mol. The zero-order chi connectivity index (χ0) is 10.3. The van der Waals surface area contributed by atoms with E-state index in [0.717, 1.165) is 25.7 Å². The highest BCUT2D eigenvalue weighted by molar-refractivity contribution is 5.02. The quantitative estimate of drug-likeness (QED) is 0.624. The summed E-state index contributed by atoms with van der Waals surface area (Å²) in [5.74, 6) is 1.18. The van der Waals surface area contributed by atoms with Crippen LogP contribution in [0.15, 0.2) is 0 Å². The Morgan fingerprint density at radius 3 is 2.36 bits per heavy atom. The maximum absolute atomic E-state index is 10.1. The van der Waals surface area contributed by atoms with Crippen molar-refractivity contribution in [3.8, 4) is 0 Å². The van der Waals surface area contributed by atoms with Crippen molar-refractivity contribution in [2.45, 2.75) is 58.2 Å². The van der Waals surface area contributed by atoms with E-state index in [1.807, 2.05) is 0 Å². The molecule has 2 N–H and O–H groups in total. The second kappa shape index (κ2) is 3.49. The van der Waals surface area contributed by atoms with Crippen molar-refractivity contribution in [1.82, 2.24) is 0 Å². The molecule has 0 radical (unpaired) electrons. The summed E-state index contributed by atoms with van der Waals surface area (Å²) in [5.41, 5.74) is -0.226. The van der Waals surface area contributed by atoms with E-state index in [0.29, 0.717) is 11.8 Å². The van der Waals surface area contributed by atoms with Crippen LogP contribution in [0.3, 0.4) is 0 Å². The highest BCUT2D eigenvalue weighted by Crippen LogP contribution is 2.52. The van der Waals surface area contributed by atoms with Gasteiger partial charge in [0.2, 0.25) is 0 Å². The number of rotatable bonds is 0. The van der Waals surface area contributed by atoms with Gasteiger partial charge in [-0.05, 0) is 31.1 Å². The van der Waals surface area contributed by atoms with Crippen LogP contribution in [0.4, 0.5) is 0 Å². The number of hydrogen-bond acceptors (Lipinski definition) is 2. The summed E-state index contributed by atoms with van der Waals surface area (Å²) in [6.07, 6.45) is 4.58. The molecule has 2 aliphatic carbocycles. The van der Waals surface area contributed by atoms with E-state index < -0.39 is 0 Å². The zero-order valence-electron chi connectivity index (χ0n) is 9.24. The van der Waals surface area contributed by atoms with Gasteiger partial charge in [0.05, 0.1) is 12.2 Å². The lowest BCUT2D eigenvalue weighted by Gasteiger charge is -2.39. The van der Waals surface area contributed by atoms with E-state index in [1.165, 1.54) is 6.42 Å². The van der Waals surface area contributed by atoms with Crippen LogP contribution in [0.1, 0.15) is 46.0 Å². The molecule has 0 heterocycles. The molecule has 2 saturated carbocycles. The van der Waals surface area contributed by atoms with Crippen LogP contribution < -0.4 is 0 Å². The molecule has 2 rings (SSSR count). The van der Waals surface area contributed by atoms with Gasteiger partial charge in [-0.15, -0.1) is 0 Å². The first-order valence-electron chi connectivity index (χ1n) is 5.93. The van der Waals surface area contributed by atoms with Crippen LogP contribution in [-0.4, -0.2) is 22.4 Å². The van der Waals surface area contributed by atoms with Crippen molar-refractivity contribution in [2.24, 2.45) is 17.3 Å². The second-order valence-corrected chi connectivity index (χ2v) is 5.49. The first-order valence-corrected chi connectivity index (χ1v) is 5.93. The molecule has 0 aliphatic heterocycles. The Balaban J connectivity index is 2.29. The number of aliphatic hydroxyl groups excluding tert-OH is 2. The molecular formula is C12H22O2. The van der Waals surface area contributed by atoms with E-state index in [4.69, 9.17) is 0 Å². The first kappa shape index (κ1) is 10.4. The van der Waals surface area contributed by atoms with E-state index >= 15 is 0 Å².